The van der Waals surface area contributed by atoms with Gasteiger partial charge in [-0.1, -0.05) is 48.0 Å². The minimum absolute atomic E-state index is 0.581. The Morgan fingerprint density at radius 3 is 2.41 bits per heavy atom. The van der Waals surface area contributed by atoms with Crippen LogP contribution in [0.1, 0.15) is 19.4 Å². The maximum absolute atomic E-state index is 3.57. The van der Waals surface area contributed by atoms with Crippen LogP contribution in [0.4, 0.5) is 0 Å². The fourth-order valence-corrected chi connectivity index (χ4v) is 2.44. The average molecular weight is 299 g/mol. The second-order valence-electron chi connectivity index (χ2n) is 5.00. The van der Waals surface area contributed by atoms with E-state index in [1.54, 1.807) is 0 Å². The van der Waals surface area contributed by atoms with Crippen molar-refractivity contribution in [3.05, 3.63) is 34.3 Å². The summed E-state index contributed by atoms with van der Waals surface area (Å²) in [5, 5.41) is 3.53. The maximum Gasteiger partial charge on any atom is 0.0237 e. The minimum Gasteiger partial charge on any atom is -0.311 e. The Morgan fingerprint density at radius 1 is 1.24 bits per heavy atom. The van der Waals surface area contributed by atoms with E-state index in [9.17, 15) is 0 Å². The smallest absolute Gasteiger partial charge is 0.0237 e. The van der Waals surface area contributed by atoms with E-state index in [1.165, 1.54) is 10.0 Å². The monoisotopic (exact) mass is 298 g/mol. The third-order valence-corrected chi connectivity index (χ3v) is 3.83. The molecule has 3 heteroatoms. The molecule has 0 radical (unpaired) electrons. The second-order valence-corrected chi connectivity index (χ2v) is 5.85. The number of benzene rings is 1. The van der Waals surface area contributed by atoms with Gasteiger partial charge in [-0.05, 0) is 31.6 Å². The standard InChI is InChI=1S/C14H23BrN2/c1-11(2)14(17(3)4)10-16-9-12-7-5-6-8-13(12)15/h5-8,11,14,16H,9-10H2,1-4H3. The Kier molecular flexibility index (Phi) is 6.17. The van der Waals surface area contributed by atoms with E-state index in [4.69, 9.17) is 0 Å². The predicted molar refractivity (Wildman–Crippen MR) is 78.2 cm³/mol. The molecule has 0 spiro atoms. The first kappa shape index (κ1) is 14.7. The Morgan fingerprint density at radius 2 is 1.88 bits per heavy atom. The predicted octanol–water partition coefficient (Wildman–Crippen LogP) is 3.12. The van der Waals surface area contributed by atoms with Gasteiger partial charge in [-0.15, -0.1) is 0 Å². The Hall–Kier alpha value is -0.380. The number of halogens is 1. The molecule has 1 rings (SSSR count). The lowest BCUT2D eigenvalue weighted by molar-refractivity contribution is 0.224. The SMILES string of the molecule is CC(C)C(CNCc1ccccc1Br)N(C)C. The number of nitrogens with zero attached hydrogens (tertiary/aromatic N) is 1. The van der Waals surface area contributed by atoms with Gasteiger partial charge in [0, 0.05) is 23.6 Å². The van der Waals surface area contributed by atoms with Crippen LogP contribution in [-0.2, 0) is 6.54 Å². The molecule has 1 aromatic carbocycles. The molecule has 0 saturated heterocycles. The average Bonchev–Trinajstić information content (AvgIpc) is 2.25. The number of rotatable bonds is 6. The summed E-state index contributed by atoms with van der Waals surface area (Å²) in [6, 6.07) is 8.94. The van der Waals surface area contributed by atoms with Gasteiger partial charge < -0.3 is 10.2 Å². The van der Waals surface area contributed by atoms with Crippen LogP contribution in [0, 0.1) is 5.92 Å². The lowest BCUT2D eigenvalue weighted by atomic mass is 10.0. The Balaban J connectivity index is 2.44. The number of nitrogens with one attached hydrogen (secondary N) is 1. The second kappa shape index (κ2) is 7.14. The van der Waals surface area contributed by atoms with E-state index < -0.39 is 0 Å². The number of likely N-dealkylation sites (N-methyl/N-ethyl adjacent to an activating group) is 1. The Bertz CT molecular complexity index is 329. The van der Waals surface area contributed by atoms with Crippen LogP contribution in [0.25, 0.3) is 0 Å². The molecule has 96 valence electrons. The maximum atomic E-state index is 3.57. The van der Waals surface area contributed by atoms with Crippen molar-refractivity contribution in [3.63, 3.8) is 0 Å². The zero-order valence-corrected chi connectivity index (χ0v) is 12.8. The van der Waals surface area contributed by atoms with Crippen molar-refractivity contribution < 1.29 is 0 Å². The van der Waals surface area contributed by atoms with E-state index in [2.05, 4.69) is 72.3 Å². The normalized spacial score (nSPS) is 13.4. The summed E-state index contributed by atoms with van der Waals surface area (Å²) < 4.78 is 1.18. The molecule has 0 aliphatic carbocycles. The molecule has 1 unspecified atom stereocenters. The van der Waals surface area contributed by atoms with Crippen LogP contribution in [0.3, 0.4) is 0 Å². The summed E-state index contributed by atoms with van der Waals surface area (Å²) in [4.78, 5) is 2.29. The first-order valence-corrected chi connectivity index (χ1v) is 6.92. The van der Waals surface area contributed by atoms with Gasteiger partial charge in [-0.25, -0.2) is 0 Å². The number of hydrogen-bond donors (Lipinski definition) is 1. The third-order valence-electron chi connectivity index (χ3n) is 3.06. The molecule has 0 aliphatic heterocycles. The van der Waals surface area contributed by atoms with Crippen molar-refractivity contribution in [1.82, 2.24) is 10.2 Å². The van der Waals surface area contributed by atoms with E-state index in [0.717, 1.165) is 13.1 Å². The van der Waals surface area contributed by atoms with Gasteiger partial charge in [0.2, 0.25) is 0 Å². The highest BCUT2D eigenvalue weighted by molar-refractivity contribution is 9.10. The van der Waals surface area contributed by atoms with Crippen molar-refractivity contribution >= 4 is 15.9 Å². The summed E-state index contributed by atoms with van der Waals surface area (Å²) in [7, 11) is 4.29. The lowest BCUT2D eigenvalue weighted by Gasteiger charge is -2.28. The first-order valence-electron chi connectivity index (χ1n) is 6.13. The summed E-state index contributed by atoms with van der Waals surface area (Å²) in [6.07, 6.45) is 0. The zero-order valence-electron chi connectivity index (χ0n) is 11.2. The lowest BCUT2D eigenvalue weighted by Crippen LogP contribution is -2.41. The van der Waals surface area contributed by atoms with E-state index in [1.807, 2.05) is 6.07 Å². The van der Waals surface area contributed by atoms with Gasteiger partial charge >= 0.3 is 0 Å². The molecule has 0 aromatic heterocycles. The van der Waals surface area contributed by atoms with Gasteiger partial charge in [0.05, 0.1) is 0 Å². The molecule has 2 nitrogen and oxygen atoms in total. The van der Waals surface area contributed by atoms with E-state index in [0.29, 0.717) is 12.0 Å². The first-order chi connectivity index (χ1) is 8.02. The summed E-state index contributed by atoms with van der Waals surface area (Å²) in [5.41, 5.74) is 1.31. The van der Waals surface area contributed by atoms with Crippen LogP contribution < -0.4 is 5.32 Å². The topological polar surface area (TPSA) is 15.3 Å². The fourth-order valence-electron chi connectivity index (χ4n) is 2.01. The molecule has 1 N–H and O–H groups in total. The zero-order chi connectivity index (χ0) is 12.8. The van der Waals surface area contributed by atoms with Crippen LogP contribution in [0.5, 0.6) is 0 Å². The molecule has 0 bridgehead atoms. The molecule has 0 amide bonds. The summed E-state index contributed by atoms with van der Waals surface area (Å²) in [5.74, 6) is 0.664. The van der Waals surface area contributed by atoms with Gasteiger partial charge in [0.15, 0.2) is 0 Å². The van der Waals surface area contributed by atoms with Gasteiger partial charge in [-0.3, -0.25) is 0 Å². The van der Waals surface area contributed by atoms with E-state index >= 15 is 0 Å². The Labute approximate surface area is 114 Å². The largest absolute Gasteiger partial charge is 0.311 e. The van der Waals surface area contributed by atoms with Gasteiger partial charge in [0.25, 0.3) is 0 Å². The van der Waals surface area contributed by atoms with Crippen molar-refractivity contribution in [2.45, 2.75) is 26.4 Å². The quantitative estimate of drug-likeness (QED) is 0.868. The highest BCUT2D eigenvalue weighted by atomic mass is 79.9. The molecule has 0 fully saturated rings. The summed E-state index contributed by atoms with van der Waals surface area (Å²) >= 11 is 3.57. The highest BCUT2D eigenvalue weighted by Crippen LogP contribution is 2.15. The molecule has 17 heavy (non-hydrogen) atoms. The van der Waals surface area contributed by atoms with Crippen LogP contribution in [-0.4, -0.2) is 31.6 Å². The molecular weight excluding hydrogens is 276 g/mol. The molecular formula is C14H23BrN2. The van der Waals surface area contributed by atoms with Crippen molar-refractivity contribution in [3.8, 4) is 0 Å². The third kappa shape index (κ3) is 4.78. The van der Waals surface area contributed by atoms with Crippen LogP contribution in [0.15, 0.2) is 28.7 Å². The van der Waals surface area contributed by atoms with Crippen LogP contribution in [0.2, 0.25) is 0 Å². The van der Waals surface area contributed by atoms with Crippen molar-refractivity contribution in [1.29, 1.82) is 0 Å². The molecule has 0 saturated carbocycles. The molecule has 0 heterocycles. The van der Waals surface area contributed by atoms with Gasteiger partial charge in [-0.2, -0.15) is 0 Å². The minimum atomic E-state index is 0.581. The molecule has 1 atom stereocenters. The molecule has 1 aromatic rings. The number of hydrogen-bond acceptors (Lipinski definition) is 2. The van der Waals surface area contributed by atoms with E-state index in [-0.39, 0.29) is 0 Å². The van der Waals surface area contributed by atoms with Crippen molar-refractivity contribution in [2.24, 2.45) is 5.92 Å². The van der Waals surface area contributed by atoms with Crippen molar-refractivity contribution in [2.75, 3.05) is 20.6 Å². The fraction of sp³-hybridized carbons (Fsp3) is 0.571. The molecule has 0 aliphatic rings. The summed E-state index contributed by atoms with van der Waals surface area (Å²) in [6.45, 7) is 6.47. The van der Waals surface area contributed by atoms with Gasteiger partial charge in [0.1, 0.15) is 0 Å². The highest BCUT2D eigenvalue weighted by Gasteiger charge is 2.14. The van der Waals surface area contributed by atoms with Crippen LogP contribution >= 0.6 is 15.9 Å².